The lowest BCUT2D eigenvalue weighted by molar-refractivity contribution is 0.190. The molecular formula is C17H28N2. The van der Waals surface area contributed by atoms with Crippen molar-refractivity contribution in [3.05, 3.63) is 29.8 Å². The summed E-state index contributed by atoms with van der Waals surface area (Å²) >= 11 is 0. The maximum absolute atomic E-state index is 3.69. The summed E-state index contributed by atoms with van der Waals surface area (Å²) in [5, 5.41) is 3.69. The smallest absolute Gasteiger partial charge is 0.0342 e. The zero-order valence-electron chi connectivity index (χ0n) is 12.8. The molecule has 1 N–H and O–H groups in total. The summed E-state index contributed by atoms with van der Waals surface area (Å²) in [4.78, 5) is 2.45. The van der Waals surface area contributed by atoms with Crippen molar-refractivity contribution in [3.63, 3.8) is 0 Å². The van der Waals surface area contributed by atoms with Gasteiger partial charge < -0.3 is 10.2 Å². The Morgan fingerprint density at radius 1 is 1.32 bits per heavy atom. The molecule has 19 heavy (non-hydrogen) atoms. The van der Waals surface area contributed by atoms with Crippen LogP contribution in [0, 0.1) is 0 Å². The quantitative estimate of drug-likeness (QED) is 0.877. The van der Waals surface area contributed by atoms with Gasteiger partial charge in [0.2, 0.25) is 0 Å². The Kier molecular flexibility index (Phi) is 4.87. The Bertz CT molecular complexity index is 385. The van der Waals surface area contributed by atoms with E-state index in [1.807, 2.05) is 0 Å². The third-order valence-corrected chi connectivity index (χ3v) is 4.67. The number of nitrogens with one attached hydrogen (secondary N) is 1. The average molecular weight is 260 g/mol. The van der Waals surface area contributed by atoms with Crippen molar-refractivity contribution in [2.24, 2.45) is 0 Å². The number of rotatable bonds is 4. The summed E-state index contributed by atoms with van der Waals surface area (Å²) < 4.78 is 0. The third kappa shape index (κ3) is 3.73. The monoisotopic (exact) mass is 260 g/mol. The van der Waals surface area contributed by atoms with Gasteiger partial charge in [0.25, 0.3) is 0 Å². The summed E-state index contributed by atoms with van der Waals surface area (Å²) in [6.07, 6.45) is 3.69. The predicted octanol–water partition coefficient (Wildman–Crippen LogP) is 4.09. The molecule has 2 heteroatoms. The van der Waals surface area contributed by atoms with Crippen molar-refractivity contribution in [1.29, 1.82) is 0 Å². The topological polar surface area (TPSA) is 15.3 Å². The highest BCUT2D eigenvalue weighted by molar-refractivity contribution is 5.46. The van der Waals surface area contributed by atoms with Crippen LogP contribution in [0.2, 0.25) is 0 Å². The third-order valence-electron chi connectivity index (χ3n) is 4.67. The molecule has 1 saturated heterocycles. The molecule has 0 aromatic heterocycles. The zero-order valence-corrected chi connectivity index (χ0v) is 12.8. The van der Waals surface area contributed by atoms with Gasteiger partial charge >= 0.3 is 0 Å². The Morgan fingerprint density at radius 2 is 2.00 bits per heavy atom. The lowest BCUT2D eigenvalue weighted by atomic mass is 9.97. The molecule has 2 nitrogen and oxygen atoms in total. The van der Waals surface area contributed by atoms with Crippen molar-refractivity contribution in [1.82, 2.24) is 4.90 Å². The SMILES string of the molecule is CCC(C)c1ccc(NC2CCN(C)C(C)C2)cc1. The molecule has 0 bridgehead atoms. The van der Waals surface area contributed by atoms with Crippen LogP contribution in [-0.2, 0) is 0 Å². The Labute approximate surface area is 118 Å². The van der Waals surface area contributed by atoms with Crippen molar-refractivity contribution in [2.75, 3.05) is 18.9 Å². The first-order valence-electron chi connectivity index (χ1n) is 7.67. The second kappa shape index (κ2) is 6.42. The highest BCUT2D eigenvalue weighted by Crippen LogP contribution is 2.23. The van der Waals surface area contributed by atoms with Crippen LogP contribution in [0.1, 0.15) is 51.5 Å². The fourth-order valence-electron chi connectivity index (χ4n) is 2.80. The fourth-order valence-corrected chi connectivity index (χ4v) is 2.80. The van der Waals surface area contributed by atoms with Gasteiger partial charge in [-0.25, -0.2) is 0 Å². The summed E-state index contributed by atoms with van der Waals surface area (Å²) in [6.45, 7) is 8.06. The minimum atomic E-state index is 0.626. The predicted molar refractivity (Wildman–Crippen MR) is 83.9 cm³/mol. The van der Waals surface area contributed by atoms with E-state index in [9.17, 15) is 0 Å². The zero-order chi connectivity index (χ0) is 13.8. The standard InChI is InChI=1S/C17H28N2/c1-5-13(2)15-6-8-16(9-7-15)18-17-10-11-19(4)14(3)12-17/h6-9,13-14,17-18H,5,10-12H2,1-4H3. The number of hydrogen-bond donors (Lipinski definition) is 1. The maximum Gasteiger partial charge on any atom is 0.0342 e. The average Bonchev–Trinajstić information content (AvgIpc) is 2.43. The van der Waals surface area contributed by atoms with Gasteiger partial charge in [0.05, 0.1) is 0 Å². The second-order valence-corrected chi connectivity index (χ2v) is 6.13. The van der Waals surface area contributed by atoms with Crippen LogP contribution in [0.3, 0.4) is 0 Å². The normalized spacial score (nSPS) is 26.1. The van der Waals surface area contributed by atoms with Crippen LogP contribution < -0.4 is 5.32 Å². The van der Waals surface area contributed by atoms with Gasteiger partial charge in [0.15, 0.2) is 0 Å². The van der Waals surface area contributed by atoms with E-state index in [1.165, 1.54) is 37.1 Å². The molecule has 0 amide bonds. The molecule has 1 heterocycles. The number of nitrogens with zero attached hydrogens (tertiary/aromatic N) is 1. The molecule has 0 radical (unpaired) electrons. The van der Waals surface area contributed by atoms with Crippen LogP contribution in [-0.4, -0.2) is 30.6 Å². The minimum Gasteiger partial charge on any atom is -0.382 e. The van der Waals surface area contributed by atoms with Crippen molar-refractivity contribution in [3.8, 4) is 0 Å². The van der Waals surface area contributed by atoms with Gasteiger partial charge in [-0.1, -0.05) is 26.0 Å². The van der Waals surface area contributed by atoms with Crippen LogP contribution in [0.15, 0.2) is 24.3 Å². The first-order valence-corrected chi connectivity index (χ1v) is 7.67. The molecule has 106 valence electrons. The van der Waals surface area contributed by atoms with E-state index in [0.29, 0.717) is 18.0 Å². The highest BCUT2D eigenvalue weighted by atomic mass is 15.1. The maximum atomic E-state index is 3.69. The summed E-state index contributed by atoms with van der Waals surface area (Å²) in [7, 11) is 2.22. The summed E-state index contributed by atoms with van der Waals surface area (Å²) in [5.41, 5.74) is 2.72. The molecule has 3 unspecified atom stereocenters. The van der Waals surface area contributed by atoms with Gasteiger partial charge in [-0.15, -0.1) is 0 Å². The number of piperidine rings is 1. The summed E-state index contributed by atoms with van der Waals surface area (Å²) in [5.74, 6) is 0.664. The minimum absolute atomic E-state index is 0.626. The van der Waals surface area contributed by atoms with Gasteiger partial charge in [-0.3, -0.25) is 0 Å². The molecule has 1 aliphatic rings. The molecule has 0 aliphatic carbocycles. The molecule has 0 spiro atoms. The van der Waals surface area contributed by atoms with Crippen LogP contribution in [0.4, 0.5) is 5.69 Å². The highest BCUT2D eigenvalue weighted by Gasteiger charge is 2.22. The van der Waals surface area contributed by atoms with E-state index in [2.05, 4.69) is 62.3 Å². The van der Waals surface area contributed by atoms with Gasteiger partial charge in [-0.2, -0.15) is 0 Å². The number of likely N-dealkylation sites (tertiary alicyclic amines) is 1. The lowest BCUT2D eigenvalue weighted by Crippen LogP contribution is -2.42. The first-order chi connectivity index (χ1) is 9.10. The number of benzene rings is 1. The van der Waals surface area contributed by atoms with E-state index in [1.54, 1.807) is 0 Å². The van der Waals surface area contributed by atoms with Crippen LogP contribution in [0.25, 0.3) is 0 Å². The molecule has 1 aromatic rings. The molecular weight excluding hydrogens is 232 g/mol. The van der Waals surface area contributed by atoms with E-state index in [-0.39, 0.29) is 0 Å². The van der Waals surface area contributed by atoms with E-state index in [0.717, 1.165) is 0 Å². The van der Waals surface area contributed by atoms with Crippen molar-refractivity contribution in [2.45, 2.75) is 58.0 Å². The molecule has 0 saturated carbocycles. The molecule has 1 aliphatic heterocycles. The molecule has 1 fully saturated rings. The van der Waals surface area contributed by atoms with Crippen LogP contribution in [0.5, 0.6) is 0 Å². The van der Waals surface area contributed by atoms with Crippen molar-refractivity contribution >= 4 is 5.69 Å². The molecule has 1 aromatic carbocycles. The number of hydrogen-bond acceptors (Lipinski definition) is 2. The van der Waals surface area contributed by atoms with Crippen molar-refractivity contribution < 1.29 is 0 Å². The molecule has 3 atom stereocenters. The Balaban J connectivity index is 1.93. The fraction of sp³-hybridized carbons (Fsp3) is 0.647. The van der Waals surface area contributed by atoms with E-state index >= 15 is 0 Å². The first kappa shape index (κ1) is 14.4. The number of anilines is 1. The van der Waals surface area contributed by atoms with Crippen LogP contribution >= 0.6 is 0 Å². The van der Waals surface area contributed by atoms with Gasteiger partial charge in [0, 0.05) is 24.3 Å². The van der Waals surface area contributed by atoms with Gasteiger partial charge in [-0.05, 0) is 56.8 Å². The largest absolute Gasteiger partial charge is 0.382 e. The summed E-state index contributed by atoms with van der Waals surface area (Å²) in [6, 6.07) is 10.3. The second-order valence-electron chi connectivity index (χ2n) is 6.13. The van der Waals surface area contributed by atoms with E-state index in [4.69, 9.17) is 0 Å². The Hall–Kier alpha value is -1.02. The molecule has 2 rings (SSSR count). The van der Waals surface area contributed by atoms with E-state index < -0.39 is 0 Å². The van der Waals surface area contributed by atoms with Gasteiger partial charge in [0.1, 0.15) is 0 Å². The lowest BCUT2D eigenvalue weighted by Gasteiger charge is -2.35. The Morgan fingerprint density at radius 3 is 2.58 bits per heavy atom.